The number of rotatable bonds is 8. The number of hydrogen-bond donors (Lipinski definition) is 1. The van der Waals surface area contributed by atoms with Crippen LogP contribution in [0.5, 0.6) is 11.5 Å². The predicted octanol–water partition coefficient (Wildman–Crippen LogP) is 3.83. The van der Waals surface area contributed by atoms with E-state index in [1.807, 2.05) is 50.2 Å². The van der Waals surface area contributed by atoms with E-state index < -0.39 is 0 Å². The number of aromatic nitrogens is 2. The number of ketones is 1. The highest BCUT2D eigenvalue weighted by Gasteiger charge is 2.28. The average molecular weight is 438 g/mol. The van der Waals surface area contributed by atoms with Crippen LogP contribution < -0.4 is 9.47 Å². The molecule has 2 aromatic carbocycles. The zero-order chi connectivity index (χ0) is 22.7. The summed E-state index contributed by atoms with van der Waals surface area (Å²) in [6, 6.07) is 10.7. The number of Topliss-reactive ketones (excluding diaryl/α,β-unsaturated/α-hetero) is 1. The van der Waals surface area contributed by atoms with Crippen LogP contribution in [0.25, 0.3) is 11.1 Å². The summed E-state index contributed by atoms with van der Waals surface area (Å²) in [6.45, 7) is 3.44. The van der Waals surface area contributed by atoms with Crippen LogP contribution in [0.2, 0.25) is 0 Å². The molecule has 0 saturated heterocycles. The van der Waals surface area contributed by atoms with Crippen LogP contribution in [-0.4, -0.2) is 54.7 Å². The van der Waals surface area contributed by atoms with E-state index in [4.69, 9.17) is 9.47 Å². The van der Waals surface area contributed by atoms with E-state index in [1.54, 1.807) is 12.3 Å². The molecule has 6 nitrogen and oxygen atoms in total. The fourth-order valence-electron chi connectivity index (χ4n) is 3.91. The number of hydrogen-bond acceptors (Lipinski definition) is 5. The number of fused-ring (bicyclic) bond motifs is 1. The number of para-hydroxylation sites is 1. The molecule has 0 fully saturated rings. The maximum Gasteiger partial charge on any atom is 0.165 e. The van der Waals surface area contributed by atoms with E-state index >= 15 is 0 Å². The monoisotopic (exact) mass is 437 g/mol. The van der Waals surface area contributed by atoms with Crippen LogP contribution in [-0.2, 0) is 17.6 Å². The summed E-state index contributed by atoms with van der Waals surface area (Å²) >= 11 is 0. The Labute approximate surface area is 187 Å². The van der Waals surface area contributed by atoms with Crippen LogP contribution in [0.4, 0.5) is 4.39 Å². The molecule has 4 rings (SSSR count). The number of ether oxygens (including phenoxy) is 2. The Kier molecular flexibility index (Phi) is 6.55. The number of likely N-dealkylation sites (N-methyl/N-ethyl adjacent to an activating group) is 1. The Morgan fingerprint density at radius 3 is 2.91 bits per heavy atom. The third-order valence-electron chi connectivity index (χ3n) is 5.77. The lowest BCUT2D eigenvalue weighted by Crippen LogP contribution is -2.30. The van der Waals surface area contributed by atoms with Crippen LogP contribution in [0.15, 0.2) is 42.6 Å². The number of H-pyrrole nitrogens is 1. The van der Waals surface area contributed by atoms with Gasteiger partial charge in [-0.05, 0) is 50.7 Å². The second-order valence-corrected chi connectivity index (χ2v) is 8.47. The van der Waals surface area contributed by atoms with Gasteiger partial charge in [-0.15, -0.1) is 0 Å². The van der Waals surface area contributed by atoms with Crippen molar-refractivity contribution in [3.8, 4) is 22.6 Å². The number of nitrogens with zero attached hydrogens (tertiary/aromatic N) is 2. The van der Waals surface area contributed by atoms with Crippen LogP contribution in [0.1, 0.15) is 16.8 Å². The van der Waals surface area contributed by atoms with Crippen molar-refractivity contribution < 1.29 is 18.7 Å². The topological polar surface area (TPSA) is 67.5 Å². The van der Waals surface area contributed by atoms with E-state index in [0.29, 0.717) is 18.8 Å². The number of nitrogens with one attached hydrogen (secondary N) is 1. The van der Waals surface area contributed by atoms with Gasteiger partial charge in [0, 0.05) is 29.8 Å². The van der Waals surface area contributed by atoms with Crippen molar-refractivity contribution in [1.82, 2.24) is 15.1 Å². The highest BCUT2D eigenvalue weighted by atomic mass is 19.1. The largest absolute Gasteiger partial charge is 0.492 e. The molecule has 1 aromatic heterocycles. The summed E-state index contributed by atoms with van der Waals surface area (Å²) < 4.78 is 25.6. The average Bonchev–Trinajstić information content (AvgIpc) is 3.20. The molecule has 2 heterocycles. The van der Waals surface area contributed by atoms with E-state index in [0.717, 1.165) is 34.5 Å². The standard InChI is InChI=1S/C25H28FN3O3/c1-16-21(14-27-28-16)17-7-8-18(24(13-17)31-10-9-29(2)3)12-23(30)20-11-19-5-4-6-22(26)25(19)32-15-20/h4-8,13-14,20H,9-12,15H2,1-3H3,(H,27,28). The smallest absolute Gasteiger partial charge is 0.165 e. The van der Waals surface area contributed by atoms with Gasteiger partial charge in [0.25, 0.3) is 0 Å². The lowest BCUT2D eigenvalue weighted by atomic mass is 9.89. The minimum Gasteiger partial charge on any atom is -0.492 e. The van der Waals surface area contributed by atoms with Crippen LogP contribution in [0.3, 0.4) is 0 Å². The molecule has 1 atom stereocenters. The van der Waals surface area contributed by atoms with Gasteiger partial charge >= 0.3 is 0 Å². The molecule has 0 spiro atoms. The van der Waals surface area contributed by atoms with Gasteiger partial charge < -0.3 is 14.4 Å². The zero-order valence-electron chi connectivity index (χ0n) is 18.7. The molecule has 0 amide bonds. The van der Waals surface area contributed by atoms with Crippen LogP contribution in [0, 0.1) is 18.7 Å². The summed E-state index contributed by atoms with van der Waals surface area (Å²) in [4.78, 5) is 15.2. The first-order valence-corrected chi connectivity index (χ1v) is 10.8. The molecule has 7 heteroatoms. The van der Waals surface area contributed by atoms with Crippen molar-refractivity contribution in [3.63, 3.8) is 0 Å². The van der Waals surface area contributed by atoms with E-state index in [2.05, 4.69) is 10.2 Å². The second kappa shape index (κ2) is 9.53. The minimum absolute atomic E-state index is 0.0598. The summed E-state index contributed by atoms with van der Waals surface area (Å²) in [6.07, 6.45) is 2.50. The molecule has 1 unspecified atom stereocenters. The lowest BCUT2D eigenvalue weighted by Gasteiger charge is -2.25. The third kappa shape index (κ3) is 4.83. The van der Waals surface area contributed by atoms with Crippen molar-refractivity contribution in [2.24, 2.45) is 5.92 Å². The number of aryl methyl sites for hydroxylation is 1. The van der Waals surface area contributed by atoms with E-state index in [-0.39, 0.29) is 36.3 Å². The van der Waals surface area contributed by atoms with Gasteiger partial charge in [0.15, 0.2) is 11.6 Å². The van der Waals surface area contributed by atoms with E-state index in [9.17, 15) is 9.18 Å². The number of carbonyl (C=O) groups is 1. The summed E-state index contributed by atoms with van der Waals surface area (Å²) in [5.41, 5.74) is 4.53. The Balaban J connectivity index is 1.53. The van der Waals surface area contributed by atoms with Crippen molar-refractivity contribution in [3.05, 3.63) is 65.2 Å². The van der Waals surface area contributed by atoms with Gasteiger partial charge in [-0.25, -0.2) is 4.39 Å². The number of aromatic amines is 1. The Morgan fingerprint density at radius 1 is 1.31 bits per heavy atom. The SMILES string of the molecule is Cc1[nH]ncc1-c1ccc(CC(=O)C2COc3c(F)cccc3C2)c(OCCN(C)C)c1. The van der Waals surface area contributed by atoms with Crippen molar-refractivity contribution >= 4 is 5.78 Å². The number of carbonyl (C=O) groups excluding carboxylic acids is 1. The highest BCUT2D eigenvalue weighted by Crippen LogP contribution is 2.33. The fourth-order valence-corrected chi connectivity index (χ4v) is 3.91. The maximum atomic E-state index is 13.9. The van der Waals surface area contributed by atoms with Crippen molar-refractivity contribution in [2.75, 3.05) is 33.9 Å². The summed E-state index contributed by atoms with van der Waals surface area (Å²) in [5.74, 6) is 0.333. The first-order chi connectivity index (χ1) is 15.4. The van der Waals surface area contributed by atoms with Gasteiger partial charge in [-0.2, -0.15) is 5.10 Å². The van der Waals surface area contributed by atoms with Gasteiger partial charge in [-0.1, -0.05) is 24.3 Å². The Morgan fingerprint density at radius 2 is 2.16 bits per heavy atom. The predicted molar refractivity (Wildman–Crippen MR) is 121 cm³/mol. The Hall–Kier alpha value is -3.19. The molecule has 3 aromatic rings. The van der Waals surface area contributed by atoms with Gasteiger partial charge in [0.05, 0.1) is 18.7 Å². The molecule has 0 radical (unpaired) electrons. The number of benzene rings is 2. The van der Waals surface area contributed by atoms with E-state index in [1.165, 1.54) is 6.07 Å². The molecule has 168 valence electrons. The van der Waals surface area contributed by atoms with Gasteiger partial charge in [0.2, 0.25) is 0 Å². The van der Waals surface area contributed by atoms with Crippen LogP contribution >= 0.6 is 0 Å². The quantitative estimate of drug-likeness (QED) is 0.580. The van der Waals surface area contributed by atoms with Gasteiger partial charge in [-0.3, -0.25) is 9.89 Å². The Bertz CT molecular complexity index is 1110. The minimum atomic E-state index is -0.380. The fraction of sp³-hybridized carbons (Fsp3) is 0.360. The summed E-state index contributed by atoms with van der Waals surface area (Å²) in [5, 5.41) is 7.06. The third-order valence-corrected chi connectivity index (χ3v) is 5.77. The highest BCUT2D eigenvalue weighted by molar-refractivity contribution is 5.85. The normalized spacial score (nSPS) is 15.3. The first-order valence-electron chi connectivity index (χ1n) is 10.8. The maximum absolute atomic E-state index is 13.9. The molecule has 0 saturated carbocycles. The van der Waals surface area contributed by atoms with Crippen molar-refractivity contribution in [2.45, 2.75) is 19.8 Å². The molecular weight excluding hydrogens is 409 g/mol. The zero-order valence-corrected chi connectivity index (χ0v) is 18.7. The molecule has 0 aliphatic carbocycles. The van der Waals surface area contributed by atoms with Gasteiger partial charge in [0.1, 0.15) is 18.1 Å². The molecule has 1 aliphatic rings. The van der Waals surface area contributed by atoms with Crippen molar-refractivity contribution in [1.29, 1.82) is 0 Å². The molecule has 0 bridgehead atoms. The summed E-state index contributed by atoms with van der Waals surface area (Å²) in [7, 11) is 3.98. The molecule has 1 aliphatic heterocycles. The lowest BCUT2D eigenvalue weighted by molar-refractivity contribution is -0.123. The number of halogens is 1. The molecule has 1 N–H and O–H groups in total. The molecule has 32 heavy (non-hydrogen) atoms. The molecular formula is C25H28FN3O3. The first kappa shape index (κ1) is 22.0. The second-order valence-electron chi connectivity index (χ2n) is 8.47.